The molecule has 1 aliphatic carbocycles. The standard InChI is InChI=1S/C20H21BrN2O2/c1-13(24)22-19(14-6-3-2-4-7-14)20(25)23-18-9-5-8-15-12-16(21)10-11-17(15)18/h2-4,6-7,10-12,18-19H,5,8-9H2,1H3,(H,22,24)(H,23,25). The minimum Gasteiger partial charge on any atom is -0.347 e. The lowest BCUT2D eigenvalue weighted by Gasteiger charge is -2.28. The third-order valence-electron chi connectivity index (χ3n) is 4.48. The van der Waals surface area contributed by atoms with Crippen molar-refractivity contribution in [2.45, 2.75) is 38.3 Å². The Kier molecular flexibility index (Phi) is 5.53. The molecule has 0 aliphatic heterocycles. The highest BCUT2D eigenvalue weighted by molar-refractivity contribution is 9.10. The highest BCUT2D eigenvalue weighted by Gasteiger charge is 2.27. The second kappa shape index (κ2) is 7.83. The summed E-state index contributed by atoms with van der Waals surface area (Å²) in [6, 6.07) is 14.8. The number of nitrogens with one attached hydrogen (secondary N) is 2. The fourth-order valence-corrected chi connectivity index (χ4v) is 3.75. The Morgan fingerprint density at radius 3 is 2.64 bits per heavy atom. The molecule has 0 saturated heterocycles. The molecule has 2 unspecified atom stereocenters. The van der Waals surface area contributed by atoms with E-state index in [4.69, 9.17) is 0 Å². The third-order valence-corrected chi connectivity index (χ3v) is 4.97. The molecule has 25 heavy (non-hydrogen) atoms. The first-order valence-corrected chi connectivity index (χ1v) is 9.24. The molecular formula is C20H21BrN2O2. The van der Waals surface area contributed by atoms with Crippen LogP contribution in [0.2, 0.25) is 0 Å². The number of carbonyl (C=O) groups is 2. The maximum atomic E-state index is 12.9. The Labute approximate surface area is 156 Å². The highest BCUT2D eigenvalue weighted by atomic mass is 79.9. The van der Waals surface area contributed by atoms with Gasteiger partial charge in [-0.05, 0) is 48.1 Å². The Morgan fingerprint density at radius 2 is 1.92 bits per heavy atom. The van der Waals surface area contributed by atoms with Gasteiger partial charge in [-0.15, -0.1) is 0 Å². The molecule has 0 bridgehead atoms. The van der Waals surface area contributed by atoms with Gasteiger partial charge in [0.25, 0.3) is 0 Å². The number of benzene rings is 2. The highest BCUT2D eigenvalue weighted by Crippen LogP contribution is 2.32. The largest absolute Gasteiger partial charge is 0.347 e. The molecule has 5 heteroatoms. The first kappa shape index (κ1) is 17.7. The molecule has 2 N–H and O–H groups in total. The Balaban J connectivity index is 1.82. The van der Waals surface area contributed by atoms with Crippen LogP contribution < -0.4 is 10.6 Å². The molecule has 0 fully saturated rings. The summed E-state index contributed by atoms with van der Waals surface area (Å²) >= 11 is 3.51. The fourth-order valence-electron chi connectivity index (χ4n) is 3.34. The van der Waals surface area contributed by atoms with Crippen LogP contribution in [0, 0.1) is 0 Å². The van der Waals surface area contributed by atoms with E-state index in [-0.39, 0.29) is 17.9 Å². The van der Waals surface area contributed by atoms with E-state index in [1.807, 2.05) is 36.4 Å². The lowest BCUT2D eigenvalue weighted by Crippen LogP contribution is -2.41. The number of hydrogen-bond acceptors (Lipinski definition) is 2. The molecule has 0 heterocycles. The van der Waals surface area contributed by atoms with Gasteiger partial charge in [0.05, 0.1) is 6.04 Å². The van der Waals surface area contributed by atoms with E-state index in [9.17, 15) is 9.59 Å². The van der Waals surface area contributed by atoms with E-state index in [0.717, 1.165) is 34.9 Å². The SMILES string of the molecule is CC(=O)NC(C(=O)NC1CCCc2cc(Br)ccc21)c1ccccc1. The topological polar surface area (TPSA) is 58.2 Å². The van der Waals surface area contributed by atoms with Crippen LogP contribution in [-0.4, -0.2) is 11.8 Å². The van der Waals surface area contributed by atoms with Crippen molar-refractivity contribution in [1.82, 2.24) is 10.6 Å². The van der Waals surface area contributed by atoms with Gasteiger partial charge in [-0.2, -0.15) is 0 Å². The van der Waals surface area contributed by atoms with Crippen LogP contribution in [0.1, 0.15) is 48.5 Å². The summed E-state index contributed by atoms with van der Waals surface area (Å²) in [5, 5.41) is 5.89. The summed E-state index contributed by atoms with van der Waals surface area (Å²) in [5.41, 5.74) is 3.21. The molecule has 130 valence electrons. The zero-order valence-electron chi connectivity index (χ0n) is 14.1. The van der Waals surface area contributed by atoms with Gasteiger partial charge in [0.15, 0.2) is 0 Å². The molecule has 2 aromatic rings. The number of aryl methyl sites for hydroxylation is 1. The van der Waals surface area contributed by atoms with Gasteiger partial charge < -0.3 is 10.6 Å². The van der Waals surface area contributed by atoms with E-state index < -0.39 is 6.04 Å². The molecule has 1 aliphatic rings. The van der Waals surface area contributed by atoms with Crippen molar-refractivity contribution in [3.8, 4) is 0 Å². The predicted molar refractivity (Wildman–Crippen MR) is 101 cm³/mol. The molecule has 2 atom stereocenters. The lowest BCUT2D eigenvalue weighted by atomic mass is 9.87. The van der Waals surface area contributed by atoms with Crippen molar-refractivity contribution in [3.05, 3.63) is 69.7 Å². The van der Waals surface area contributed by atoms with E-state index in [2.05, 4.69) is 38.7 Å². The average molecular weight is 401 g/mol. The van der Waals surface area contributed by atoms with Gasteiger partial charge in [0, 0.05) is 11.4 Å². The van der Waals surface area contributed by atoms with E-state index in [0.29, 0.717) is 0 Å². The molecule has 0 spiro atoms. The van der Waals surface area contributed by atoms with Crippen LogP contribution in [0.5, 0.6) is 0 Å². The van der Waals surface area contributed by atoms with Crippen molar-refractivity contribution in [1.29, 1.82) is 0 Å². The number of carbonyl (C=O) groups excluding carboxylic acids is 2. The Morgan fingerprint density at radius 1 is 1.16 bits per heavy atom. The lowest BCUT2D eigenvalue weighted by molar-refractivity contribution is -0.128. The molecule has 3 rings (SSSR count). The molecule has 2 aromatic carbocycles. The summed E-state index contributed by atoms with van der Waals surface area (Å²) in [6.07, 6.45) is 2.96. The molecular weight excluding hydrogens is 380 g/mol. The zero-order valence-corrected chi connectivity index (χ0v) is 15.7. The van der Waals surface area contributed by atoms with Crippen LogP contribution in [0.3, 0.4) is 0 Å². The zero-order chi connectivity index (χ0) is 17.8. The Hall–Kier alpha value is -2.14. The summed E-state index contributed by atoms with van der Waals surface area (Å²) in [6.45, 7) is 1.43. The molecule has 2 amide bonds. The van der Waals surface area contributed by atoms with E-state index in [1.165, 1.54) is 12.5 Å². The van der Waals surface area contributed by atoms with Crippen molar-refractivity contribution < 1.29 is 9.59 Å². The summed E-state index contributed by atoms with van der Waals surface area (Å²) < 4.78 is 1.05. The second-order valence-electron chi connectivity index (χ2n) is 6.34. The van der Waals surface area contributed by atoms with Crippen LogP contribution >= 0.6 is 15.9 Å². The number of fused-ring (bicyclic) bond motifs is 1. The van der Waals surface area contributed by atoms with E-state index >= 15 is 0 Å². The Bertz CT molecular complexity index is 777. The minimum atomic E-state index is -0.681. The fraction of sp³-hybridized carbons (Fsp3) is 0.300. The predicted octanol–water partition coefficient (Wildman–Crippen LogP) is 3.82. The third kappa shape index (κ3) is 4.28. The van der Waals surface area contributed by atoms with Crippen LogP contribution in [0.25, 0.3) is 0 Å². The van der Waals surface area contributed by atoms with Crippen LogP contribution in [0.15, 0.2) is 53.0 Å². The number of amides is 2. The minimum absolute atomic E-state index is 0.0238. The molecule has 0 saturated carbocycles. The van der Waals surface area contributed by atoms with Gasteiger partial charge >= 0.3 is 0 Å². The number of halogens is 1. The maximum Gasteiger partial charge on any atom is 0.247 e. The average Bonchev–Trinajstić information content (AvgIpc) is 2.60. The van der Waals surface area contributed by atoms with Crippen LogP contribution in [0.4, 0.5) is 0 Å². The van der Waals surface area contributed by atoms with Crippen molar-refractivity contribution >= 4 is 27.7 Å². The van der Waals surface area contributed by atoms with Crippen molar-refractivity contribution in [3.63, 3.8) is 0 Å². The normalized spacial score (nSPS) is 17.3. The monoisotopic (exact) mass is 400 g/mol. The van der Waals surface area contributed by atoms with Gasteiger partial charge in [-0.3, -0.25) is 9.59 Å². The molecule has 0 aromatic heterocycles. The maximum absolute atomic E-state index is 12.9. The van der Waals surface area contributed by atoms with Crippen molar-refractivity contribution in [2.75, 3.05) is 0 Å². The van der Waals surface area contributed by atoms with Gasteiger partial charge in [-0.1, -0.05) is 52.3 Å². The quantitative estimate of drug-likeness (QED) is 0.819. The van der Waals surface area contributed by atoms with Crippen LogP contribution in [-0.2, 0) is 16.0 Å². The molecule has 0 radical (unpaired) electrons. The number of hydrogen-bond donors (Lipinski definition) is 2. The van der Waals surface area contributed by atoms with E-state index in [1.54, 1.807) is 0 Å². The second-order valence-corrected chi connectivity index (χ2v) is 7.26. The van der Waals surface area contributed by atoms with Gasteiger partial charge in [-0.25, -0.2) is 0 Å². The van der Waals surface area contributed by atoms with Gasteiger partial charge in [0.2, 0.25) is 11.8 Å². The summed E-state index contributed by atoms with van der Waals surface area (Å²) in [7, 11) is 0. The molecule has 4 nitrogen and oxygen atoms in total. The first-order chi connectivity index (χ1) is 12.0. The van der Waals surface area contributed by atoms with Gasteiger partial charge in [0.1, 0.15) is 6.04 Å². The summed E-state index contributed by atoms with van der Waals surface area (Å²) in [4.78, 5) is 24.5. The number of rotatable bonds is 4. The van der Waals surface area contributed by atoms with Crippen molar-refractivity contribution in [2.24, 2.45) is 0 Å². The smallest absolute Gasteiger partial charge is 0.247 e. The first-order valence-electron chi connectivity index (χ1n) is 8.45. The summed E-state index contributed by atoms with van der Waals surface area (Å²) in [5.74, 6) is -0.404.